The van der Waals surface area contributed by atoms with E-state index >= 15 is 0 Å². The van der Waals surface area contributed by atoms with Crippen LogP contribution in [0.2, 0.25) is 0 Å². The smallest absolute Gasteiger partial charge is 0.148 e. The Kier molecular flexibility index (Phi) is 4.25. The number of fused-ring (bicyclic) bond motifs is 1. The van der Waals surface area contributed by atoms with E-state index in [4.69, 9.17) is 0 Å². The molecular weight excluding hydrogens is 316 g/mol. The van der Waals surface area contributed by atoms with E-state index in [1.165, 1.54) is 11.9 Å². The monoisotopic (exact) mass is 338 g/mol. The maximum absolute atomic E-state index is 11.6. The first-order valence-electron chi connectivity index (χ1n) is 7.56. The van der Waals surface area contributed by atoms with Crippen LogP contribution in [0.15, 0.2) is 24.4 Å². The molecule has 0 spiro atoms. The normalized spacial score (nSPS) is 17.5. The predicted molar refractivity (Wildman–Crippen MR) is 92.1 cm³/mol. The summed E-state index contributed by atoms with van der Waals surface area (Å²) in [7, 11) is -2.90. The van der Waals surface area contributed by atoms with Gasteiger partial charge in [0.1, 0.15) is 15.5 Å². The maximum Gasteiger partial charge on any atom is 0.148 e. The topological polar surface area (TPSA) is 51.4 Å². The van der Waals surface area contributed by atoms with Crippen molar-refractivity contribution in [3.05, 3.63) is 35.8 Å². The van der Waals surface area contributed by atoms with Crippen LogP contribution >= 0.6 is 11.8 Å². The van der Waals surface area contributed by atoms with E-state index in [-0.39, 0.29) is 5.41 Å². The molecule has 0 amide bonds. The lowest BCUT2D eigenvalue weighted by Gasteiger charge is -2.41. The molecule has 2 aromatic rings. The average molecular weight is 338 g/mol. The van der Waals surface area contributed by atoms with E-state index in [1.54, 1.807) is 0 Å². The molecule has 2 aromatic heterocycles. The van der Waals surface area contributed by atoms with Crippen LogP contribution in [0.25, 0.3) is 5.65 Å². The maximum atomic E-state index is 11.6. The minimum Gasteiger partial charge on any atom is -0.304 e. The van der Waals surface area contributed by atoms with Crippen LogP contribution in [-0.2, 0) is 15.6 Å². The number of nitrogens with zero attached hydrogens (tertiary/aromatic N) is 2. The number of hydrogen-bond donors (Lipinski definition) is 0. The van der Waals surface area contributed by atoms with Gasteiger partial charge in [-0.1, -0.05) is 12.5 Å². The summed E-state index contributed by atoms with van der Waals surface area (Å²) in [6.45, 7) is 2.07. The summed E-state index contributed by atoms with van der Waals surface area (Å²) in [4.78, 5) is 4.64. The van der Waals surface area contributed by atoms with Crippen LogP contribution in [-0.4, -0.2) is 35.6 Å². The Bertz CT molecular complexity index is 777. The first kappa shape index (κ1) is 15.9. The molecule has 0 atom stereocenters. The van der Waals surface area contributed by atoms with Crippen LogP contribution in [0, 0.1) is 12.3 Å². The van der Waals surface area contributed by atoms with Crippen molar-refractivity contribution >= 4 is 27.2 Å². The van der Waals surface area contributed by atoms with Gasteiger partial charge in [0.05, 0.1) is 11.4 Å². The summed E-state index contributed by atoms with van der Waals surface area (Å²) in [5.41, 5.74) is 3.22. The molecule has 0 saturated heterocycles. The molecule has 120 valence electrons. The molecule has 2 heterocycles. The van der Waals surface area contributed by atoms with E-state index in [2.05, 4.69) is 28.6 Å². The van der Waals surface area contributed by atoms with E-state index < -0.39 is 9.84 Å². The molecule has 0 aromatic carbocycles. The molecule has 0 bridgehead atoms. The highest BCUT2D eigenvalue weighted by Gasteiger charge is 2.39. The van der Waals surface area contributed by atoms with Crippen LogP contribution in [0.1, 0.15) is 30.7 Å². The number of hydrogen-bond acceptors (Lipinski definition) is 4. The van der Waals surface area contributed by atoms with Crippen LogP contribution in [0.4, 0.5) is 0 Å². The largest absolute Gasteiger partial charge is 0.304 e. The number of thioether (sulfide) groups is 1. The zero-order valence-electron chi connectivity index (χ0n) is 13.1. The van der Waals surface area contributed by atoms with Gasteiger partial charge < -0.3 is 4.40 Å². The van der Waals surface area contributed by atoms with Gasteiger partial charge >= 0.3 is 0 Å². The minimum atomic E-state index is -2.90. The lowest BCUT2D eigenvalue weighted by molar-refractivity contribution is 0.201. The molecule has 1 aliphatic rings. The average Bonchev–Trinajstić information content (AvgIpc) is 2.78. The number of pyridine rings is 1. The Morgan fingerprint density at radius 1 is 1.36 bits per heavy atom. The number of rotatable bonds is 6. The number of imidazole rings is 1. The van der Waals surface area contributed by atoms with E-state index in [0.717, 1.165) is 42.1 Å². The Labute approximate surface area is 136 Å². The van der Waals surface area contributed by atoms with Crippen molar-refractivity contribution in [1.82, 2.24) is 9.38 Å². The van der Waals surface area contributed by atoms with Crippen molar-refractivity contribution in [3.63, 3.8) is 0 Å². The molecule has 1 saturated carbocycles. The molecule has 1 aliphatic carbocycles. The molecule has 6 heteroatoms. The van der Waals surface area contributed by atoms with Gasteiger partial charge in [-0.05, 0) is 37.3 Å². The van der Waals surface area contributed by atoms with Gasteiger partial charge in [-0.2, -0.15) is 11.8 Å². The molecule has 0 aliphatic heterocycles. The SMILES string of the molecule is Cc1cccc2nc(CSCC3(CS(C)(=O)=O)CCC3)cn12. The highest BCUT2D eigenvalue weighted by Crippen LogP contribution is 2.44. The van der Waals surface area contributed by atoms with Crippen molar-refractivity contribution in [2.45, 2.75) is 31.9 Å². The summed E-state index contributed by atoms with van der Waals surface area (Å²) in [5, 5.41) is 0. The molecular formula is C16H22N2O2S2. The van der Waals surface area contributed by atoms with Gasteiger partial charge in [0.2, 0.25) is 0 Å². The number of sulfone groups is 1. The zero-order chi connectivity index (χ0) is 15.8. The van der Waals surface area contributed by atoms with Gasteiger partial charge in [0.15, 0.2) is 0 Å². The third-order valence-corrected chi connectivity index (χ3v) is 6.84. The highest BCUT2D eigenvalue weighted by molar-refractivity contribution is 7.98. The van der Waals surface area contributed by atoms with Crippen molar-refractivity contribution in [2.24, 2.45) is 5.41 Å². The summed E-state index contributed by atoms with van der Waals surface area (Å²) in [6, 6.07) is 6.10. The first-order chi connectivity index (χ1) is 10.4. The van der Waals surface area contributed by atoms with Crippen molar-refractivity contribution < 1.29 is 8.42 Å². The fourth-order valence-corrected chi connectivity index (χ4v) is 6.11. The number of aryl methyl sites for hydroxylation is 1. The molecule has 22 heavy (non-hydrogen) atoms. The second-order valence-corrected chi connectivity index (χ2v) is 9.67. The molecule has 0 unspecified atom stereocenters. The van der Waals surface area contributed by atoms with Gasteiger partial charge in [-0.3, -0.25) is 0 Å². The van der Waals surface area contributed by atoms with Crippen LogP contribution in [0.5, 0.6) is 0 Å². The Balaban J connectivity index is 1.63. The Morgan fingerprint density at radius 3 is 2.73 bits per heavy atom. The summed E-state index contributed by atoms with van der Waals surface area (Å²) in [6.07, 6.45) is 6.67. The second-order valence-electron chi connectivity index (χ2n) is 6.54. The standard InChI is InChI=1S/C16H22N2O2S2/c1-13-5-3-6-15-17-14(9-18(13)15)10-21-11-16(7-4-8-16)12-22(2,19)20/h3,5-6,9H,4,7-8,10-12H2,1-2H3. The highest BCUT2D eigenvalue weighted by atomic mass is 32.2. The van der Waals surface area contributed by atoms with Crippen molar-refractivity contribution in [2.75, 3.05) is 17.8 Å². The lowest BCUT2D eigenvalue weighted by Crippen LogP contribution is -2.38. The number of aromatic nitrogens is 2. The zero-order valence-corrected chi connectivity index (χ0v) is 14.7. The quantitative estimate of drug-likeness (QED) is 0.812. The molecule has 3 rings (SSSR count). The fourth-order valence-electron chi connectivity index (χ4n) is 3.20. The molecule has 0 N–H and O–H groups in total. The van der Waals surface area contributed by atoms with E-state index in [9.17, 15) is 8.42 Å². The summed E-state index contributed by atoms with van der Waals surface area (Å²) < 4.78 is 25.3. The second kappa shape index (κ2) is 5.89. The molecule has 4 nitrogen and oxygen atoms in total. The summed E-state index contributed by atoms with van der Waals surface area (Å²) in [5.74, 6) is 2.08. The van der Waals surface area contributed by atoms with Crippen LogP contribution < -0.4 is 0 Å². The van der Waals surface area contributed by atoms with Gasteiger partial charge in [-0.25, -0.2) is 13.4 Å². The molecule has 1 fully saturated rings. The lowest BCUT2D eigenvalue weighted by atomic mass is 9.72. The van der Waals surface area contributed by atoms with Crippen molar-refractivity contribution in [1.29, 1.82) is 0 Å². The molecule has 0 radical (unpaired) electrons. The Morgan fingerprint density at radius 2 is 2.14 bits per heavy atom. The van der Waals surface area contributed by atoms with Crippen LogP contribution in [0.3, 0.4) is 0 Å². The van der Waals surface area contributed by atoms with Gasteiger partial charge in [-0.15, -0.1) is 0 Å². The minimum absolute atomic E-state index is 0.00727. The third-order valence-electron chi connectivity index (χ3n) is 4.39. The van der Waals surface area contributed by atoms with E-state index in [1.807, 2.05) is 23.9 Å². The van der Waals surface area contributed by atoms with Crippen molar-refractivity contribution in [3.8, 4) is 0 Å². The van der Waals surface area contributed by atoms with Gasteiger partial charge in [0.25, 0.3) is 0 Å². The Hall–Kier alpha value is -1.01. The predicted octanol–water partition coefficient (Wildman–Crippen LogP) is 3.09. The fraction of sp³-hybridized carbons (Fsp3) is 0.562. The van der Waals surface area contributed by atoms with E-state index in [0.29, 0.717) is 5.75 Å². The van der Waals surface area contributed by atoms with Gasteiger partial charge in [0, 0.05) is 29.7 Å². The first-order valence-corrected chi connectivity index (χ1v) is 10.8. The third kappa shape index (κ3) is 3.49. The summed E-state index contributed by atoms with van der Waals surface area (Å²) >= 11 is 1.81.